The van der Waals surface area contributed by atoms with Gasteiger partial charge < -0.3 is 0 Å². The minimum atomic E-state index is -0.535. The SMILES string of the molecule is CCC12c3ccccc3C(c3ccccc31)[C@@H]1C(=O)N(c3ccc(Cl)cc3Cl)C(=O)[C@H]12. The summed E-state index contributed by atoms with van der Waals surface area (Å²) in [5.41, 5.74) is 4.55. The molecule has 3 nitrogen and oxygen atoms in total. The van der Waals surface area contributed by atoms with Gasteiger partial charge in [-0.3, -0.25) is 9.59 Å². The van der Waals surface area contributed by atoms with Crippen molar-refractivity contribution in [3.05, 3.63) is 99.0 Å². The Balaban J connectivity index is 1.64. The second kappa shape index (κ2) is 6.44. The minimum absolute atomic E-state index is 0.140. The molecule has 0 N–H and O–H groups in total. The van der Waals surface area contributed by atoms with Gasteiger partial charge in [-0.2, -0.15) is 0 Å². The normalized spacial score (nSPS) is 27.8. The number of hydrogen-bond acceptors (Lipinski definition) is 2. The van der Waals surface area contributed by atoms with Crippen molar-refractivity contribution in [2.75, 3.05) is 4.90 Å². The highest BCUT2D eigenvalue weighted by atomic mass is 35.5. The van der Waals surface area contributed by atoms with Crippen LogP contribution in [0, 0.1) is 11.8 Å². The van der Waals surface area contributed by atoms with Gasteiger partial charge in [0.05, 0.1) is 22.5 Å². The van der Waals surface area contributed by atoms with Crippen LogP contribution in [0.4, 0.5) is 5.69 Å². The molecule has 1 fully saturated rings. The van der Waals surface area contributed by atoms with Crippen molar-refractivity contribution in [3.63, 3.8) is 0 Å². The zero-order chi connectivity index (χ0) is 21.5. The Morgan fingerprint density at radius 1 is 0.871 bits per heavy atom. The van der Waals surface area contributed by atoms with Crippen molar-refractivity contribution in [3.8, 4) is 0 Å². The predicted octanol–water partition coefficient (Wildman–Crippen LogP) is 5.95. The topological polar surface area (TPSA) is 37.4 Å². The van der Waals surface area contributed by atoms with Crippen LogP contribution in [0.3, 0.4) is 0 Å². The van der Waals surface area contributed by atoms with Crippen LogP contribution in [0.25, 0.3) is 0 Å². The van der Waals surface area contributed by atoms with Crippen molar-refractivity contribution < 1.29 is 9.59 Å². The van der Waals surface area contributed by atoms with Crippen LogP contribution >= 0.6 is 23.2 Å². The number of imide groups is 1. The van der Waals surface area contributed by atoms with E-state index < -0.39 is 17.3 Å². The van der Waals surface area contributed by atoms with E-state index in [0.29, 0.717) is 15.7 Å². The molecule has 0 radical (unpaired) electrons. The van der Waals surface area contributed by atoms with Gasteiger partial charge in [0, 0.05) is 16.4 Å². The summed E-state index contributed by atoms with van der Waals surface area (Å²) < 4.78 is 0. The van der Waals surface area contributed by atoms with E-state index in [-0.39, 0.29) is 17.7 Å². The third-order valence-corrected chi connectivity index (χ3v) is 8.04. The first kappa shape index (κ1) is 19.1. The Kier molecular flexibility index (Phi) is 3.97. The maximum absolute atomic E-state index is 14.0. The van der Waals surface area contributed by atoms with Crippen LogP contribution in [0.1, 0.15) is 41.5 Å². The monoisotopic (exact) mass is 447 g/mol. The van der Waals surface area contributed by atoms with Gasteiger partial charge in [0.1, 0.15) is 0 Å². The van der Waals surface area contributed by atoms with E-state index in [0.717, 1.165) is 17.5 Å². The van der Waals surface area contributed by atoms with E-state index in [1.807, 2.05) is 24.3 Å². The summed E-state index contributed by atoms with van der Waals surface area (Å²) in [6, 6.07) is 21.5. The fraction of sp³-hybridized carbons (Fsp3) is 0.231. The van der Waals surface area contributed by atoms with Gasteiger partial charge in [-0.25, -0.2) is 4.90 Å². The van der Waals surface area contributed by atoms with E-state index in [1.165, 1.54) is 16.0 Å². The highest BCUT2D eigenvalue weighted by Crippen LogP contribution is 2.65. The molecule has 0 spiro atoms. The number of rotatable bonds is 2. The second-order valence-electron chi connectivity index (χ2n) is 8.59. The molecule has 3 aliphatic carbocycles. The van der Waals surface area contributed by atoms with Crippen LogP contribution in [0.2, 0.25) is 10.0 Å². The summed E-state index contributed by atoms with van der Waals surface area (Å²) in [5, 5.41) is 0.774. The molecule has 2 bridgehead atoms. The van der Waals surface area contributed by atoms with E-state index in [9.17, 15) is 9.59 Å². The summed E-state index contributed by atoms with van der Waals surface area (Å²) in [6.07, 6.45) is 0.732. The first-order valence-corrected chi connectivity index (χ1v) is 11.3. The summed E-state index contributed by atoms with van der Waals surface area (Å²) in [6.45, 7) is 2.12. The first-order valence-electron chi connectivity index (χ1n) is 10.5. The number of nitrogens with zero attached hydrogens (tertiary/aromatic N) is 1. The lowest BCUT2D eigenvalue weighted by atomic mass is 9.46. The maximum Gasteiger partial charge on any atom is 0.239 e. The smallest absolute Gasteiger partial charge is 0.239 e. The fourth-order valence-electron chi connectivity index (χ4n) is 6.43. The molecule has 5 heteroatoms. The van der Waals surface area contributed by atoms with Gasteiger partial charge in [0.25, 0.3) is 0 Å². The molecule has 2 amide bonds. The predicted molar refractivity (Wildman–Crippen MR) is 122 cm³/mol. The quantitative estimate of drug-likeness (QED) is 0.454. The molecule has 1 aliphatic heterocycles. The number of benzene rings is 3. The number of anilines is 1. The zero-order valence-corrected chi connectivity index (χ0v) is 18.3. The van der Waals surface area contributed by atoms with Crippen molar-refractivity contribution in [1.29, 1.82) is 0 Å². The van der Waals surface area contributed by atoms with Gasteiger partial charge in [0.2, 0.25) is 11.8 Å². The van der Waals surface area contributed by atoms with Gasteiger partial charge in [-0.15, -0.1) is 0 Å². The van der Waals surface area contributed by atoms with Gasteiger partial charge in [-0.05, 0) is 46.9 Å². The van der Waals surface area contributed by atoms with E-state index in [2.05, 4.69) is 31.2 Å². The number of carbonyl (C=O) groups excluding carboxylic acids is 2. The molecule has 0 aromatic heterocycles. The van der Waals surface area contributed by atoms with Crippen molar-refractivity contribution in [2.24, 2.45) is 11.8 Å². The van der Waals surface area contributed by atoms with Crippen molar-refractivity contribution in [2.45, 2.75) is 24.7 Å². The molecule has 3 aromatic rings. The standard InChI is InChI=1S/C26H19Cl2NO2/c1-2-26-17-9-5-3-7-15(17)21(16-8-4-6-10-18(16)26)22-23(26)25(31)29(24(22)30)20-12-11-14(27)13-19(20)28/h3-13,21-23H,2H2,1H3/t21?,22-,23-,26?/m0/s1. The van der Waals surface area contributed by atoms with E-state index in [4.69, 9.17) is 23.2 Å². The van der Waals surface area contributed by atoms with Crippen molar-refractivity contribution in [1.82, 2.24) is 0 Å². The Bertz CT molecular complexity index is 1240. The Morgan fingerprint density at radius 3 is 2.06 bits per heavy atom. The fourth-order valence-corrected chi connectivity index (χ4v) is 6.92. The molecule has 0 unspecified atom stereocenters. The molecule has 1 heterocycles. The molecule has 31 heavy (non-hydrogen) atoms. The maximum atomic E-state index is 14.0. The molecule has 3 aromatic carbocycles. The third kappa shape index (κ3) is 2.21. The number of carbonyl (C=O) groups is 2. The molecule has 1 saturated heterocycles. The van der Waals surface area contributed by atoms with Crippen LogP contribution in [-0.4, -0.2) is 11.8 Å². The Labute approximate surface area is 190 Å². The van der Waals surface area contributed by atoms with Gasteiger partial charge >= 0.3 is 0 Å². The summed E-state index contributed by atoms with van der Waals surface area (Å²) in [5.74, 6) is -1.38. The van der Waals surface area contributed by atoms with E-state index >= 15 is 0 Å². The molecular formula is C26H19Cl2NO2. The molecule has 2 atom stereocenters. The van der Waals surface area contributed by atoms with Crippen molar-refractivity contribution >= 4 is 40.7 Å². The second-order valence-corrected chi connectivity index (χ2v) is 9.43. The highest BCUT2D eigenvalue weighted by Gasteiger charge is 2.67. The van der Waals surface area contributed by atoms with E-state index in [1.54, 1.807) is 18.2 Å². The van der Waals surface area contributed by atoms with Crippen LogP contribution < -0.4 is 4.90 Å². The average molecular weight is 448 g/mol. The van der Waals surface area contributed by atoms with Gasteiger partial charge in [0.15, 0.2) is 0 Å². The molecule has 154 valence electrons. The average Bonchev–Trinajstić information content (AvgIpc) is 3.05. The lowest BCUT2D eigenvalue weighted by Gasteiger charge is -2.54. The number of hydrogen-bond donors (Lipinski definition) is 0. The van der Waals surface area contributed by atoms with Crippen LogP contribution in [-0.2, 0) is 15.0 Å². The Morgan fingerprint density at radius 2 is 1.48 bits per heavy atom. The lowest BCUT2D eigenvalue weighted by Crippen LogP contribution is -2.53. The first-order chi connectivity index (χ1) is 15.0. The summed E-state index contributed by atoms with van der Waals surface area (Å²) >= 11 is 12.5. The zero-order valence-electron chi connectivity index (χ0n) is 16.8. The molecular weight excluding hydrogens is 429 g/mol. The highest BCUT2D eigenvalue weighted by molar-refractivity contribution is 6.38. The van der Waals surface area contributed by atoms with Gasteiger partial charge in [-0.1, -0.05) is 78.7 Å². The number of amides is 2. The van der Waals surface area contributed by atoms with Crippen LogP contribution in [0.15, 0.2) is 66.7 Å². The molecule has 4 aliphatic rings. The molecule has 7 rings (SSSR count). The number of halogens is 2. The summed E-state index contributed by atoms with van der Waals surface area (Å²) in [4.78, 5) is 29.2. The third-order valence-electron chi connectivity index (χ3n) is 7.50. The minimum Gasteiger partial charge on any atom is -0.274 e. The molecule has 0 saturated carbocycles. The van der Waals surface area contributed by atoms with Crippen LogP contribution in [0.5, 0.6) is 0 Å². The summed E-state index contributed by atoms with van der Waals surface area (Å²) in [7, 11) is 0. The largest absolute Gasteiger partial charge is 0.274 e. The lowest BCUT2D eigenvalue weighted by molar-refractivity contribution is -0.123. The Hall–Kier alpha value is -2.62.